The van der Waals surface area contributed by atoms with Gasteiger partial charge in [-0.05, 0) is 98.8 Å². The van der Waals surface area contributed by atoms with Gasteiger partial charge in [0.25, 0.3) is 0 Å². The van der Waals surface area contributed by atoms with E-state index < -0.39 is 36.7 Å². The first-order chi connectivity index (χ1) is 29.8. The van der Waals surface area contributed by atoms with Gasteiger partial charge in [-0.2, -0.15) is 0 Å². The highest BCUT2D eigenvalue weighted by atomic mass is 31.3. The molecule has 1 heterocycles. The predicted molar refractivity (Wildman–Crippen MR) is 243 cm³/mol. The van der Waals surface area contributed by atoms with Crippen molar-refractivity contribution in [2.24, 2.45) is 18.1 Å². The van der Waals surface area contributed by atoms with Crippen LogP contribution < -0.4 is 31.7 Å². The van der Waals surface area contributed by atoms with E-state index in [1.165, 1.54) is 0 Å². The maximum atomic E-state index is 7.01. The number of benzene rings is 7. The highest BCUT2D eigenvalue weighted by Crippen LogP contribution is 2.79. The Labute approximate surface area is 356 Å². The van der Waals surface area contributed by atoms with Crippen LogP contribution >= 0.6 is 30.6 Å². The summed E-state index contributed by atoms with van der Waals surface area (Å²) in [6.07, 6.45) is -0.532. The summed E-state index contributed by atoms with van der Waals surface area (Å²) in [6, 6.07) is 63.7. The quantitative estimate of drug-likeness (QED) is 0.0879. The van der Waals surface area contributed by atoms with Crippen molar-refractivity contribution in [1.29, 1.82) is 0 Å². The summed E-state index contributed by atoms with van der Waals surface area (Å²) in [7, 11) is -17.0. The summed E-state index contributed by atoms with van der Waals surface area (Å²) < 4.78 is 77.7. The van der Waals surface area contributed by atoms with Gasteiger partial charge in [-0.15, -0.1) is 9.03 Å². The third kappa shape index (κ3) is 11.2. The Bertz CT molecular complexity index is 2500. The molecule has 1 aliphatic heterocycles. The lowest BCUT2D eigenvalue weighted by molar-refractivity contribution is 0.237. The van der Waals surface area contributed by atoms with Gasteiger partial charge in [-0.3, -0.25) is 4.52 Å². The molecule has 0 aliphatic carbocycles. The fourth-order valence-electron chi connectivity index (χ4n) is 5.62. The molecule has 12 nitrogen and oxygen atoms in total. The van der Waals surface area contributed by atoms with Gasteiger partial charge >= 0.3 is 30.6 Å². The summed E-state index contributed by atoms with van der Waals surface area (Å²) in [5.41, 5.74) is 0. The zero-order valence-electron chi connectivity index (χ0n) is 33.1. The highest BCUT2D eigenvalue weighted by molar-refractivity contribution is 7.79. The van der Waals surface area contributed by atoms with Crippen LogP contribution in [0, 0.1) is 0 Å². The molecule has 1 unspecified atom stereocenters. The van der Waals surface area contributed by atoms with Gasteiger partial charge in [0.2, 0.25) is 0 Å². The molecule has 16 heteroatoms. The van der Waals surface area contributed by atoms with E-state index in [4.69, 9.17) is 54.3 Å². The fourth-order valence-corrected chi connectivity index (χ4v) is 17.9. The van der Waals surface area contributed by atoms with Crippen molar-refractivity contribution >= 4 is 30.6 Å². The lowest BCUT2D eigenvalue weighted by Crippen LogP contribution is -2.11. The number of para-hydroxylation sites is 7. The lowest BCUT2D eigenvalue weighted by atomic mass is 10.3. The van der Waals surface area contributed by atoms with Crippen LogP contribution in [0.15, 0.2) is 230 Å². The van der Waals surface area contributed by atoms with Gasteiger partial charge in [0.15, 0.2) is 0 Å². The van der Waals surface area contributed by atoms with E-state index in [0.29, 0.717) is 40.2 Å². The second kappa shape index (κ2) is 19.2. The van der Waals surface area contributed by atoms with Crippen LogP contribution in [-0.2, 0) is 4.52 Å². The summed E-state index contributed by atoms with van der Waals surface area (Å²) in [5.74, 6) is 2.64. The summed E-state index contributed by atoms with van der Waals surface area (Å²) in [6.45, 7) is 3.71. The molecule has 0 spiro atoms. The smallest absolute Gasteiger partial charge is 0.422 e. The molecule has 0 amide bonds. The molecular formula is C45H42N4O8P4. The molecule has 310 valence electrons. The van der Waals surface area contributed by atoms with E-state index in [-0.39, 0.29) is 0 Å². The Morgan fingerprint density at radius 3 is 0.623 bits per heavy atom. The van der Waals surface area contributed by atoms with Gasteiger partial charge in [0.05, 0.1) is 6.10 Å². The predicted octanol–water partition coefficient (Wildman–Crippen LogP) is 15.8. The monoisotopic (exact) mass is 890 g/mol. The van der Waals surface area contributed by atoms with Crippen molar-refractivity contribution in [2.75, 3.05) is 0 Å². The lowest BCUT2D eigenvalue weighted by Gasteiger charge is -2.33. The van der Waals surface area contributed by atoms with Gasteiger partial charge in [-0.25, -0.2) is 0 Å². The van der Waals surface area contributed by atoms with Crippen molar-refractivity contribution in [2.45, 2.75) is 20.0 Å². The van der Waals surface area contributed by atoms with Crippen LogP contribution in [0.3, 0.4) is 0 Å². The Kier molecular flexibility index (Phi) is 13.1. The topological polar surface area (TPSA) is 123 Å². The molecule has 7 aromatic rings. The van der Waals surface area contributed by atoms with Crippen LogP contribution in [0.25, 0.3) is 0 Å². The SMILES string of the molecule is CC(C)OP1(Oc2ccccc2)=NP(Oc2ccccc2)(Oc2ccccc2)=NP(Oc2ccccc2)(Oc2ccccc2)=NP(Oc2ccccc2)(Oc2ccccc2)=N1. The Morgan fingerprint density at radius 2 is 0.426 bits per heavy atom. The van der Waals surface area contributed by atoms with Crippen LogP contribution in [0.1, 0.15) is 13.8 Å². The van der Waals surface area contributed by atoms with E-state index in [2.05, 4.69) is 0 Å². The molecule has 1 aliphatic rings. The van der Waals surface area contributed by atoms with Crippen molar-refractivity contribution < 1.29 is 36.2 Å². The first kappa shape index (κ1) is 41.7. The largest absolute Gasteiger partial charge is 0.460 e. The van der Waals surface area contributed by atoms with E-state index in [9.17, 15) is 0 Å². The second-order valence-corrected chi connectivity index (χ2v) is 21.6. The van der Waals surface area contributed by atoms with E-state index >= 15 is 0 Å². The molecule has 0 N–H and O–H groups in total. The van der Waals surface area contributed by atoms with Crippen molar-refractivity contribution in [1.82, 2.24) is 0 Å². The number of nitrogens with zero attached hydrogens (tertiary/aromatic N) is 4. The standard InChI is InChI=1S/C45H42N4O8P4/c1-38(2)50-58(51-39-24-10-3-11-25-39)46-59(52-40-26-12-4-13-27-40,53-41-28-14-5-15-29-41)48-61(56-44-34-20-8-21-35-44,57-45-36-22-9-23-37-45)49-60(47-58,54-42-30-16-6-17-31-42)55-43-32-18-7-19-33-43/h3-38H,1-2H3. The van der Waals surface area contributed by atoms with Gasteiger partial charge in [0, 0.05) is 0 Å². The maximum Gasteiger partial charge on any atom is 0.460 e. The average Bonchev–Trinajstić information content (AvgIpc) is 3.25. The molecule has 0 bridgehead atoms. The number of hydrogen-bond acceptors (Lipinski definition) is 12. The second-order valence-electron chi connectivity index (χ2n) is 13.3. The van der Waals surface area contributed by atoms with Gasteiger partial charge < -0.3 is 31.7 Å². The number of rotatable bonds is 16. The van der Waals surface area contributed by atoms with Crippen LogP contribution in [0.4, 0.5) is 0 Å². The Hall–Kier alpha value is -5.98. The molecule has 0 aromatic heterocycles. The summed E-state index contributed by atoms with van der Waals surface area (Å²) in [5, 5.41) is 0. The van der Waals surface area contributed by atoms with E-state index in [1.807, 2.05) is 141 Å². The minimum atomic E-state index is -4.30. The first-order valence-electron chi connectivity index (χ1n) is 19.3. The molecule has 8 rings (SSSR count). The number of hydrogen-bond donors (Lipinski definition) is 0. The Morgan fingerprint density at radius 1 is 0.262 bits per heavy atom. The Balaban J connectivity index is 1.57. The summed E-state index contributed by atoms with van der Waals surface area (Å²) >= 11 is 0. The zero-order valence-corrected chi connectivity index (χ0v) is 36.7. The highest BCUT2D eigenvalue weighted by Gasteiger charge is 2.49. The zero-order chi connectivity index (χ0) is 41.9. The third-order valence-corrected chi connectivity index (χ3v) is 19.1. The maximum absolute atomic E-state index is 7.01. The molecule has 61 heavy (non-hydrogen) atoms. The molecule has 0 saturated carbocycles. The molecule has 0 fully saturated rings. The molecular weight excluding hydrogens is 848 g/mol. The van der Waals surface area contributed by atoms with Crippen molar-refractivity contribution in [3.05, 3.63) is 212 Å². The van der Waals surface area contributed by atoms with Crippen LogP contribution in [0.2, 0.25) is 0 Å². The van der Waals surface area contributed by atoms with Crippen LogP contribution in [0.5, 0.6) is 40.2 Å². The normalized spacial score (nSPS) is 17.2. The van der Waals surface area contributed by atoms with E-state index in [1.54, 1.807) is 84.9 Å². The van der Waals surface area contributed by atoms with Crippen molar-refractivity contribution in [3.63, 3.8) is 0 Å². The molecule has 0 radical (unpaired) electrons. The average molecular weight is 891 g/mol. The minimum Gasteiger partial charge on any atom is -0.422 e. The van der Waals surface area contributed by atoms with Crippen LogP contribution in [-0.4, -0.2) is 6.10 Å². The van der Waals surface area contributed by atoms with Gasteiger partial charge in [-0.1, -0.05) is 136 Å². The van der Waals surface area contributed by atoms with Gasteiger partial charge in [0.1, 0.15) is 40.2 Å². The minimum absolute atomic E-state index is 0.370. The third-order valence-electron chi connectivity index (χ3n) is 8.03. The molecule has 0 saturated heterocycles. The fraction of sp³-hybridized carbons (Fsp3) is 0.0667. The summed E-state index contributed by atoms with van der Waals surface area (Å²) in [4.78, 5) is 0. The molecule has 1 atom stereocenters. The molecule has 7 aromatic carbocycles. The van der Waals surface area contributed by atoms with E-state index in [0.717, 1.165) is 0 Å². The first-order valence-corrected chi connectivity index (χ1v) is 25.4. The van der Waals surface area contributed by atoms with Crippen molar-refractivity contribution in [3.8, 4) is 40.2 Å².